The van der Waals surface area contributed by atoms with Gasteiger partial charge in [-0.3, -0.25) is 9.20 Å². The minimum atomic E-state index is -0.546. The number of nitrogens with two attached hydrogens (primary N) is 1. The number of primary amides is 1. The van der Waals surface area contributed by atoms with Gasteiger partial charge in [0.1, 0.15) is 0 Å². The van der Waals surface area contributed by atoms with Crippen LogP contribution < -0.4 is 15.4 Å². The molecule has 2 aromatic heterocycles. The summed E-state index contributed by atoms with van der Waals surface area (Å²) >= 11 is 0. The number of imidazole rings is 1. The second-order valence-electron chi connectivity index (χ2n) is 7.33. The molecule has 3 heterocycles. The predicted octanol–water partition coefficient (Wildman–Crippen LogP) is 1.96. The number of benzene rings is 1. The smallest absolute Gasteiger partial charge is 0.252 e. The topological polar surface area (TPSA) is 102 Å². The molecule has 1 fully saturated rings. The monoisotopic (exact) mass is 398 g/mol. The first kappa shape index (κ1) is 19.5. The van der Waals surface area contributed by atoms with Crippen LogP contribution in [0.5, 0.6) is 5.75 Å². The van der Waals surface area contributed by atoms with Crippen molar-refractivity contribution in [1.82, 2.24) is 9.38 Å². The minimum absolute atomic E-state index is 0.0142. The van der Waals surface area contributed by atoms with E-state index in [1.54, 1.807) is 13.2 Å². The lowest BCUT2D eigenvalue weighted by Crippen LogP contribution is -2.48. The van der Waals surface area contributed by atoms with Crippen molar-refractivity contribution in [3.63, 3.8) is 0 Å². The highest BCUT2D eigenvalue weighted by molar-refractivity contribution is 6.02. The van der Waals surface area contributed by atoms with Gasteiger partial charge in [-0.15, -0.1) is 0 Å². The van der Waals surface area contributed by atoms with Gasteiger partial charge in [0.25, 0.3) is 5.91 Å². The molecule has 1 saturated heterocycles. The Balaban J connectivity index is 1.93. The number of carbonyl (C=O) groups excluding carboxylic acids is 1. The van der Waals surface area contributed by atoms with E-state index in [9.17, 15) is 9.90 Å². The third-order valence-corrected chi connectivity index (χ3v) is 5.77. The van der Waals surface area contributed by atoms with Crippen molar-refractivity contribution in [2.45, 2.75) is 25.4 Å². The molecule has 0 unspecified atom stereocenters. The largest absolute Gasteiger partial charge is 0.490 e. The number of carbonyl (C=O) groups is 1. The quantitative estimate of drug-likeness (QED) is 0.658. The average molecular weight is 398 g/mol. The molecule has 1 aliphatic heterocycles. The first-order valence-corrected chi connectivity index (χ1v) is 9.81. The van der Waals surface area contributed by atoms with Crippen LogP contribution >= 0.6 is 0 Å². The van der Waals surface area contributed by atoms with Crippen LogP contribution in [0.2, 0.25) is 0 Å². The van der Waals surface area contributed by atoms with Crippen LogP contribution in [-0.4, -0.2) is 59.4 Å². The summed E-state index contributed by atoms with van der Waals surface area (Å²) in [5.41, 5.74) is 7.64. The van der Waals surface area contributed by atoms with E-state index in [-0.39, 0.29) is 6.61 Å². The Bertz CT molecular complexity index is 1050. The number of hydrogen-bond acceptors (Lipinski definition) is 6. The molecule has 0 saturated carbocycles. The Morgan fingerprint density at radius 2 is 2.03 bits per heavy atom. The van der Waals surface area contributed by atoms with E-state index >= 15 is 0 Å². The maximum absolute atomic E-state index is 12.2. The zero-order valence-electron chi connectivity index (χ0n) is 16.7. The lowest BCUT2D eigenvalue weighted by Gasteiger charge is -2.41. The Kier molecular flexibility index (Phi) is 5.06. The van der Waals surface area contributed by atoms with Crippen LogP contribution in [0.25, 0.3) is 16.7 Å². The molecular weight excluding hydrogens is 372 g/mol. The molecule has 0 aliphatic carbocycles. The molecule has 1 aliphatic rings. The lowest BCUT2D eigenvalue weighted by molar-refractivity contribution is -0.0674. The van der Waals surface area contributed by atoms with E-state index in [2.05, 4.69) is 9.88 Å². The number of fused-ring (bicyclic) bond motifs is 3. The van der Waals surface area contributed by atoms with Crippen LogP contribution in [0.4, 0.5) is 5.82 Å². The molecule has 4 rings (SSSR count). The van der Waals surface area contributed by atoms with Gasteiger partial charge in [-0.05, 0) is 31.9 Å². The number of piperidine rings is 1. The summed E-state index contributed by atoms with van der Waals surface area (Å²) < 4.78 is 13.5. The average Bonchev–Trinajstić information content (AvgIpc) is 3.13. The van der Waals surface area contributed by atoms with Crippen molar-refractivity contribution in [1.29, 1.82) is 0 Å². The Hall–Kier alpha value is -2.84. The molecule has 1 amide bonds. The summed E-state index contributed by atoms with van der Waals surface area (Å²) in [7, 11) is 1.64. The van der Waals surface area contributed by atoms with E-state index in [1.165, 1.54) is 0 Å². The number of rotatable bonds is 6. The van der Waals surface area contributed by atoms with Gasteiger partial charge in [0, 0.05) is 26.3 Å². The highest BCUT2D eigenvalue weighted by Gasteiger charge is 2.36. The standard InChI is InChI=1S/C21H26N4O4/c1-3-29-17-12-14(18(22)27)19-23-15-6-4-5-7-16(15)25(19)20(17)24-10-8-21(13-26,28-2)9-11-24/h4-7,12,26H,3,8-11,13H2,1-2H3,(H2,22,27). The number of pyridine rings is 1. The summed E-state index contributed by atoms with van der Waals surface area (Å²) in [6.07, 6.45) is 1.36. The SMILES string of the molecule is CCOc1cc(C(N)=O)c2nc3ccccc3n2c1N1CCC(CO)(OC)CC1. The van der Waals surface area contributed by atoms with Crippen LogP contribution in [0.15, 0.2) is 30.3 Å². The number of hydrogen-bond donors (Lipinski definition) is 2. The van der Waals surface area contributed by atoms with Gasteiger partial charge in [-0.1, -0.05) is 12.1 Å². The maximum Gasteiger partial charge on any atom is 0.252 e. The van der Waals surface area contributed by atoms with Crippen LogP contribution in [0.1, 0.15) is 30.1 Å². The summed E-state index contributed by atoms with van der Waals surface area (Å²) in [4.78, 5) is 19.0. The van der Waals surface area contributed by atoms with Crippen LogP contribution in [0, 0.1) is 0 Å². The van der Waals surface area contributed by atoms with Gasteiger partial charge < -0.3 is 25.2 Å². The molecule has 0 radical (unpaired) electrons. The third kappa shape index (κ3) is 3.18. The first-order valence-electron chi connectivity index (χ1n) is 9.81. The number of ether oxygens (including phenoxy) is 2. The molecule has 0 atom stereocenters. The second kappa shape index (κ2) is 7.53. The third-order valence-electron chi connectivity index (χ3n) is 5.77. The minimum Gasteiger partial charge on any atom is -0.490 e. The van der Waals surface area contributed by atoms with Gasteiger partial charge in [0.15, 0.2) is 17.2 Å². The number of aliphatic hydroxyl groups excluding tert-OH is 1. The van der Waals surface area contributed by atoms with Crippen molar-refractivity contribution in [3.8, 4) is 5.75 Å². The number of nitrogens with zero attached hydrogens (tertiary/aromatic N) is 3. The Morgan fingerprint density at radius 3 is 2.66 bits per heavy atom. The molecule has 3 aromatic rings. The summed E-state index contributed by atoms with van der Waals surface area (Å²) in [6, 6.07) is 9.42. The van der Waals surface area contributed by atoms with Crippen molar-refractivity contribution in [2.75, 3.05) is 38.3 Å². The molecule has 8 heteroatoms. The van der Waals surface area contributed by atoms with E-state index in [4.69, 9.17) is 15.2 Å². The van der Waals surface area contributed by atoms with Gasteiger partial charge in [-0.2, -0.15) is 0 Å². The number of aliphatic hydroxyl groups is 1. The molecular formula is C21H26N4O4. The molecule has 1 aromatic carbocycles. The highest BCUT2D eigenvalue weighted by Crippen LogP contribution is 2.38. The molecule has 3 N–H and O–H groups in total. The van der Waals surface area contributed by atoms with E-state index < -0.39 is 11.5 Å². The van der Waals surface area contributed by atoms with Crippen molar-refractivity contribution >= 4 is 28.4 Å². The predicted molar refractivity (Wildman–Crippen MR) is 111 cm³/mol. The number of anilines is 1. The van der Waals surface area contributed by atoms with Gasteiger partial charge >= 0.3 is 0 Å². The fourth-order valence-electron chi connectivity index (χ4n) is 4.08. The van der Waals surface area contributed by atoms with Crippen molar-refractivity contribution < 1.29 is 19.4 Å². The molecule has 0 bridgehead atoms. The van der Waals surface area contributed by atoms with Gasteiger partial charge in [-0.25, -0.2) is 4.98 Å². The zero-order valence-corrected chi connectivity index (χ0v) is 16.7. The van der Waals surface area contributed by atoms with E-state index in [0.29, 0.717) is 49.5 Å². The number of aromatic nitrogens is 2. The summed E-state index contributed by atoms with van der Waals surface area (Å²) in [6.45, 7) is 3.69. The number of amides is 1. The van der Waals surface area contributed by atoms with E-state index in [1.807, 2.05) is 35.6 Å². The molecule has 8 nitrogen and oxygen atoms in total. The maximum atomic E-state index is 12.2. The molecule has 0 spiro atoms. The van der Waals surface area contributed by atoms with Crippen molar-refractivity contribution in [3.05, 3.63) is 35.9 Å². The molecule has 29 heavy (non-hydrogen) atoms. The van der Waals surface area contributed by atoms with Gasteiger partial charge in [0.2, 0.25) is 0 Å². The Labute approximate surface area is 168 Å². The lowest BCUT2D eigenvalue weighted by atomic mass is 9.92. The second-order valence-corrected chi connectivity index (χ2v) is 7.33. The Morgan fingerprint density at radius 1 is 1.31 bits per heavy atom. The summed E-state index contributed by atoms with van der Waals surface area (Å²) in [5.74, 6) is 0.879. The first-order chi connectivity index (χ1) is 14.0. The number of para-hydroxylation sites is 2. The molecule has 154 valence electrons. The normalized spacial score (nSPS) is 16.4. The van der Waals surface area contributed by atoms with Crippen LogP contribution in [-0.2, 0) is 4.74 Å². The van der Waals surface area contributed by atoms with Crippen LogP contribution in [0.3, 0.4) is 0 Å². The summed E-state index contributed by atoms with van der Waals surface area (Å²) in [5, 5.41) is 9.78. The number of methoxy groups -OCH3 is 1. The zero-order chi connectivity index (χ0) is 20.6. The fraction of sp³-hybridized carbons (Fsp3) is 0.429. The van der Waals surface area contributed by atoms with E-state index in [0.717, 1.165) is 16.9 Å². The highest BCUT2D eigenvalue weighted by atomic mass is 16.5. The van der Waals surface area contributed by atoms with Gasteiger partial charge in [0.05, 0.1) is 35.4 Å². The fourth-order valence-corrected chi connectivity index (χ4v) is 4.08. The van der Waals surface area contributed by atoms with Crippen molar-refractivity contribution in [2.24, 2.45) is 5.73 Å².